The number of hydrogen-bond acceptors (Lipinski definition) is 5. The number of aromatic nitrogens is 4. The van der Waals surface area contributed by atoms with Crippen LogP contribution in [0.3, 0.4) is 0 Å². The van der Waals surface area contributed by atoms with E-state index in [9.17, 15) is 18.0 Å². The predicted molar refractivity (Wildman–Crippen MR) is 109 cm³/mol. The monoisotopic (exact) mass is 455 g/mol. The molecule has 1 amide bonds. The van der Waals surface area contributed by atoms with Gasteiger partial charge in [-0.3, -0.25) is 4.79 Å². The van der Waals surface area contributed by atoms with Gasteiger partial charge in [0.15, 0.2) is 0 Å². The van der Waals surface area contributed by atoms with Crippen molar-refractivity contribution >= 4 is 35.0 Å². The fourth-order valence-corrected chi connectivity index (χ4v) is 3.73. The molecule has 3 aromatic rings. The number of nitrogens with zero attached hydrogens (tertiary/aromatic N) is 4. The Hall–Kier alpha value is -2.59. The van der Waals surface area contributed by atoms with Crippen molar-refractivity contribution in [1.82, 2.24) is 20.2 Å². The van der Waals surface area contributed by atoms with Crippen molar-refractivity contribution in [1.29, 1.82) is 0 Å². The van der Waals surface area contributed by atoms with Crippen molar-refractivity contribution in [2.75, 3.05) is 5.32 Å². The summed E-state index contributed by atoms with van der Waals surface area (Å²) >= 11 is 6.71. The van der Waals surface area contributed by atoms with Gasteiger partial charge in [-0.1, -0.05) is 41.1 Å². The van der Waals surface area contributed by atoms with Gasteiger partial charge >= 0.3 is 6.18 Å². The molecule has 6 nitrogen and oxygen atoms in total. The van der Waals surface area contributed by atoms with E-state index in [1.165, 1.54) is 10.7 Å². The van der Waals surface area contributed by atoms with Crippen LogP contribution in [0, 0.1) is 13.8 Å². The van der Waals surface area contributed by atoms with Crippen LogP contribution in [0.5, 0.6) is 0 Å². The normalized spacial score (nSPS) is 12.6. The molecule has 1 unspecified atom stereocenters. The van der Waals surface area contributed by atoms with Gasteiger partial charge in [-0.2, -0.15) is 17.9 Å². The minimum absolute atomic E-state index is 0.0737. The second-order valence-electron chi connectivity index (χ2n) is 6.60. The summed E-state index contributed by atoms with van der Waals surface area (Å²) in [6.07, 6.45) is -4.66. The third-order valence-electron chi connectivity index (χ3n) is 4.22. The van der Waals surface area contributed by atoms with Gasteiger partial charge in [-0.15, -0.1) is 5.10 Å². The van der Waals surface area contributed by atoms with Crippen molar-refractivity contribution in [2.45, 2.75) is 37.4 Å². The molecule has 1 atom stereocenters. The molecule has 0 aliphatic carbocycles. The molecule has 158 valence electrons. The third-order valence-corrected chi connectivity index (χ3v) is 5.49. The molecule has 2 aromatic carbocycles. The first-order valence-corrected chi connectivity index (χ1v) is 10.0. The summed E-state index contributed by atoms with van der Waals surface area (Å²) in [5.74, 6) is -0.622. The lowest BCUT2D eigenvalue weighted by Gasteiger charge is -2.16. The number of anilines is 1. The fraction of sp³-hybridized carbons (Fsp3) is 0.263. The lowest BCUT2D eigenvalue weighted by Crippen LogP contribution is -2.24. The van der Waals surface area contributed by atoms with Crippen LogP contribution in [0.4, 0.5) is 18.9 Å². The number of nitrogens with one attached hydrogen (secondary N) is 1. The molecule has 0 spiro atoms. The quantitative estimate of drug-likeness (QED) is 0.544. The maximum absolute atomic E-state index is 13.2. The van der Waals surface area contributed by atoms with Gasteiger partial charge in [0.1, 0.15) is 0 Å². The zero-order valence-electron chi connectivity index (χ0n) is 16.2. The first kappa shape index (κ1) is 22.1. The van der Waals surface area contributed by atoms with Gasteiger partial charge in [0.05, 0.1) is 22.2 Å². The van der Waals surface area contributed by atoms with Crippen molar-refractivity contribution < 1.29 is 18.0 Å². The molecule has 0 radical (unpaired) electrons. The number of hydrogen-bond donors (Lipinski definition) is 1. The average Bonchev–Trinajstić information content (AvgIpc) is 3.10. The van der Waals surface area contributed by atoms with Gasteiger partial charge in [0, 0.05) is 5.02 Å². The van der Waals surface area contributed by atoms with Gasteiger partial charge < -0.3 is 5.32 Å². The largest absolute Gasteiger partial charge is 0.418 e. The minimum atomic E-state index is -4.66. The van der Waals surface area contributed by atoms with Crippen molar-refractivity contribution in [3.8, 4) is 5.69 Å². The smallest absolute Gasteiger partial charge is 0.325 e. The van der Waals surface area contributed by atoms with Gasteiger partial charge in [-0.25, -0.2) is 0 Å². The Labute approximate surface area is 179 Å². The molecule has 30 heavy (non-hydrogen) atoms. The van der Waals surface area contributed by atoms with E-state index in [-0.39, 0.29) is 10.7 Å². The second kappa shape index (κ2) is 8.65. The Kier molecular flexibility index (Phi) is 6.37. The Balaban J connectivity index is 1.79. The van der Waals surface area contributed by atoms with E-state index in [0.29, 0.717) is 5.16 Å². The lowest BCUT2D eigenvalue weighted by atomic mass is 10.1. The minimum Gasteiger partial charge on any atom is -0.325 e. The van der Waals surface area contributed by atoms with Gasteiger partial charge in [0.2, 0.25) is 11.1 Å². The number of tetrazole rings is 1. The zero-order valence-corrected chi connectivity index (χ0v) is 17.7. The Morgan fingerprint density at radius 3 is 2.60 bits per heavy atom. The van der Waals surface area contributed by atoms with Crippen LogP contribution in [0.15, 0.2) is 41.6 Å². The summed E-state index contributed by atoms with van der Waals surface area (Å²) in [7, 11) is 0. The summed E-state index contributed by atoms with van der Waals surface area (Å²) in [6, 6.07) is 8.93. The Morgan fingerprint density at radius 2 is 1.93 bits per heavy atom. The Bertz CT molecular complexity index is 1090. The van der Waals surface area contributed by atoms with Crippen LogP contribution in [0.2, 0.25) is 5.02 Å². The highest BCUT2D eigenvalue weighted by molar-refractivity contribution is 8.00. The molecule has 0 saturated carbocycles. The molecule has 0 fully saturated rings. The van der Waals surface area contributed by atoms with E-state index in [1.54, 1.807) is 6.92 Å². The second-order valence-corrected chi connectivity index (χ2v) is 8.34. The first-order valence-electron chi connectivity index (χ1n) is 8.76. The molecule has 1 aromatic heterocycles. The van der Waals surface area contributed by atoms with Gasteiger partial charge in [0.25, 0.3) is 0 Å². The zero-order chi connectivity index (χ0) is 22.1. The van der Waals surface area contributed by atoms with Crippen molar-refractivity contribution in [2.24, 2.45) is 0 Å². The van der Waals surface area contributed by atoms with Crippen LogP contribution in [-0.4, -0.2) is 31.4 Å². The molecule has 0 saturated heterocycles. The standard InChI is InChI=1S/C19H17ClF3N5OS/c1-10-4-7-16(11(2)8-10)28-18(25-26-27-28)30-12(3)17(29)24-15-6-5-13(20)9-14(15)19(21,22)23/h4-9,12H,1-3H3,(H,24,29). The lowest BCUT2D eigenvalue weighted by molar-refractivity contribution is -0.137. The van der Waals surface area contributed by atoms with Crippen LogP contribution in [-0.2, 0) is 11.0 Å². The van der Waals surface area contributed by atoms with E-state index in [0.717, 1.165) is 40.7 Å². The van der Waals surface area contributed by atoms with E-state index >= 15 is 0 Å². The fourth-order valence-electron chi connectivity index (χ4n) is 2.75. The van der Waals surface area contributed by atoms with E-state index in [1.807, 2.05) is 32.0 Å². The highest BCUT2D eigenvalue weighted by atomic mass is 35.5. The molecule has 1 N–H and O–H groups in total. The highest BCUT2D eigenvalue weighted by Crippen LogP contribution is 2.37. The SMILES string of the molecule is Cc1ccc(-n2nnnc2SC(C)C(=O)Nc2ccc(Cl)cc2C(F)(F)F)c(C)c1. The molecule has 0 aliphatic rings. The molecular weight excluding hydrogens is 439 g/mol. The van der Waals surface area contributed by atoms with Gasteiger partial charge in [-0.05, 0) is 61.0 Å². The maximum atomic E-state index is 13.2. The topological polar surface area (TPSA) is 72.7 Å². The van der Waals surface area contributed by atoms with E-state index in [4.69, 9.17) is 11.6 Å². The van der Waals surface area contributed by atoms with Crippen LogP contribution in [0.1, 0.15) is 23.6 Å². The number of thioether (sulfide) groups is 1. The third kappa shape index (κ3) is 4.93. The number of benzene rings is 2. The molecule has 0 bridgehead atoms. The molecule has 1 heterocycles. The van der Waals surface area contributed by atoms with Crippen molar-refractivity contribution in [3.63, 3.8) is 0 Å². The molecular formula is C19H17ClF3N5OS. The number of amides is 1. The number of carbonyl (C=O) groups excluding carboxylic acids is 1. The molecule has 3 rings (SSSR count). The predicted octanol–water partition coefficient (Wildman–Crippen LogP) is 5.07. The summed E-state index contributed by atoms with van der Waals surface area (Å²) in [5, 5.41) is 13.4. The first-order chi connectivity index (χ1) is 14.1. The Morgan fingerprint density at radius 1 is 1.20 bits per heavy atom. The summed E-state index contributed by atoms with van der Waals surface area (Å²) in [5.41, 5.74) is 1.39. The van der Waals surface area contributed by atoms with Crippen LogP contribution < -0.4 is 5.32 Å². The number of halogens is 4. The number of rotatable bonds is 5. The average molecular weight is 456 g/mol. The summed E-state index contributed by atoms with van der Waals surface area (Å²) < 4.78 is 41.2. The number of carbonyl (C=O) groups is 1. The van der Waals surface area contributed by atoms with Crippen LogP contribution >= 0.6 is 23.4 Å². The molecule has 11 heteroatoms. The highest BCUT2D eigenvalue weighted by Gasteiger charge is 2.34. The van der Waals surface area contributed by atoms with E-state index < -0.39 is 22.9 Å². The number of alkyl halides is 3. The summed E-state index contributed by atoms with van der Waals surface area (Å²) in [4.78, 5) is 12.6. The molecule has 0 aliphatic heterocycles. The van der Waals surface area contributed by atoms with E-state index in [2.05, 4.69) is 20.8 Å². The van der Waals surface area contributed by atoms with Crippen LogP contribution in [0.25, 0.3) is 5.69 Å². The summed E-state index contributed by atoms with van der Waals surface area (Å²) in [6.45, 7) is 5.43. The van der Waals surface area contributed by atoms with Crippen molar-refractivity contribution in [3.05, 3.63) is 58.1 Å². The maximum Gasteiger partial charge on any atom is 0.418 e. The number of aryl methyl sites for hydroxylation is 2.